The van der Waals surface area contributed by atoms with E-state index >= 15 is 0 Å². The quantitative estimate of drug-likeness (QED) is 0.504. The Morgan fingerprint density at radius 2 is 2.09 bits per heavy atom. The summed E-state index contributed by atoms with van der Waals surface area (Å²) in [5, 5.41) is 15.2. The number of ether oxygens (including phenoxy) is 1. The van der Waals surface area contributed by atoms with E-state index in [2.05, 4.69) is 15.6 Å². The van der Waals surface area contributed by atoms with E-state index in [1.807, 2.05) is 6.92 Å². The highest BCUT2D eigenvalue weighted by Gasteiger charge is 2.35. The monoisotopic (exact) mass is 502 g/mol. The molecule has 1 aliphatic rings. The average molecular weight is 503 g/mol. The molecular formula is C24H27ClN4O6. The highest BCUT2D eigenvalue weighted by molar-refractivity contribution is 6.30. The van der Waals surface area contributed by atoms with Crippen LogP contribution in [-0.2, 0) is 16.0 Å². The molecule has 1 aromatic carbocycles. The van der Waals surface area contributed by atoms with Gasteiger partial charge in [0, 0.05) is 17.8 Å². The van der Waals surface area contributed by atoms with E-state index in [4.69, 9.17) is 16.3 Å². The summed E-state index contributed by atoms with van der Waals surface area (Å²) in [5.74, 6) is -2.29. The number of methoxy groups -OCH3 is 1. The Labute approximate surface area is 207 Å². The Kier molecular flexibility index (Phi) is 8.64. The number of imide groups is 1. The van der Waals surface area contributed by atoms with Crippen LogP contribution in [0.3, 0.4) is 0 Å². The van der Waals surface area contributed by atoms with Gasteiger partial charge in [-0.1, -0.05) is 24.9 Å². The van der Waals surface area contributed by atoms with Gasteiger partial charge < -0.3 is 20.5 Å². The van der Waals surface area contributed by atoms with Crippen molar-refractivity contribution in [3.05, 3.63) is 58.4 Å². The van der Waals surface area contributed by atoms with Gasteiger partial charge >= 0.3 is 12.0 Å². The maximum atomic E-state index is 13.3. The highest BCUT2D eigenvalue weighted by atomic mass is 35.5. The van der Waals surface area contributed by atoms with Crippen molar-refractivity contribution in [2.75, 3.05) is 20.2 Å². The number of urea groups is 1. The number of carbonyl (C=O) groups is 4. The lowest BCUT2D eigenvalue weighted by atomic mass is 9.97. The van der Waals surface area contributed by atoms with Crippen LogP contribution in [0.1, 0.15) is 47.4 Å². The number of amides is 4. The van der Waals surface area contributed by atoms with Gasteiger partial charge in [-0.3, -0.25) is 19.5 Å². The zero-order chi connectivity index (χ0) is 25.5. The number of carboxylic acids is 1. The normalized spacial score (nSPS) is 16.8. The van der Waals surface area contributed by atoms with Gasteiger partial charge in [0.15, 0.2) is 0 Å². The van der Waals surface area contributed by atoms with Gasteiger partial charge in [0.2, 0.25) is 11.8 Å². The molecule has 4 amide bonds. The summed E-state index contributed by atoms with van der Waals surface area (Å²) in [7, 11) is 1.50. The first kappa shape index (κ1) is 26.0. The third-order valence-electron chi connectivity index (χ3n) is 5.68. The van der Waals surface area contributed by atoms with Gasteiger partial charge in [0.05, 0.1) is 30.3 Å². The zero-order valence-corrected chi connectivity index (χ0v) is 20.2. The van der Waals surface area contributed by atoms with Crippen LogP contribution in [0.5, 0.6) is 5.75 Å². The summed E-state index contributed by atoms with van der Waals surface area (Å²) < 4.78 is 5.36. The van der Waals surface area contributed by atoms with Crippen molar-refractivity contribution in [2.45, 2.75) is 32.2 Å². The van der Waals surface area contributed by atoms with E-state index in [-0.39, 0.29) is 18.5 Å². The molecule has 1 aliphatic heterocycles. The Morgan fingerprint density at radius 1 is 1.31 bits per heavy atom. The lowest BCUT2D eigenvalue weighted by Crippen LogP contribution is -2.48. The van der Waals surface area contributed by atoms with Crippen molar-refractivity contribution in [3.63, 3.8) is 0 Å². The van der Waals surface area contributed by atoms with Crippen LogP contribution in [0.25, 0.3) is 0 Å². The molecule has 186 valence electrons. The van der Waals surface area contributed by atoms with Gasteiger partial charge in [-0.15, -0.1) is 0 Å². The Hall–Kier alpha value is -3.66. The average Bonchev–Trinajstić information content (AvgIpc) is 2.97. The van der Waals surface area contributed by atoms with Crippen molar-refractivity contribution >= 4 is 35.4 Å². The van der Waals surface area contributed by atoms with E-state index in [1.54, 1.807) is 18.2 Å². The van der Waals surface area contributed by atoms with Crippen molar-refractivity contribution < 1.29 is 29.0 Å². The summed E-state index contributed by atoms with van der Waals surface area (Å²) in [5.41, 5.74) is 1.06. The maximum Gasteiger partial charge on any atom is 0.335 e. The van der Waals surface area contributed by atoms with Crippen LogP contribution in [0.15, 0.2) is 36.5 Å². The first-order valence-electron chi connectivity index (χ1n) is 11.1. The molecule has 2 aromatic rings. The number of pyridine rings is 1. The third-order valence-corrected chi connectivity index (χ3v) is 5.91. The van der Waals surface area contributed by atoms with Crippen LogP contribution in [-0.4, -0.2) is 59.0 Å². The number of aromatic nitrogens is 1. The topological polar surface area (TPSA) is 138 Å². The Morgan fingerprint density at radius 3 is 2.77 bits per heavy atom. The number of nitrogens with zero attached hydrogens (tertiary/aromatic N) is 2. The standard InChI is InChI=1S/C24H27ClN4O6/c1-3-4-18(19-11-14(23(32)33)7-8-26-19)28-24(34)29-13-21(30)27-12-16(22(29)31)9-15-10-17(25)5-6-20(15)35-2/h5-8,10-11,16,18H,3-4,9,12-13H2,1-2H3,(H,27,30)(H,28,34)(H,32,33)/t16-,18-/m1/s1. The molecule has 3 rings (SSSR count). The van der Waals surface area contributed by atoms with Gasteiger partial charge in [-0.25, -0.2) is 9.59 Å². The Balaban J connectivity index is 1.83. The van der Waals surface area contributed by atoms with E-state index < -0.39 is 42.3 Å². The molecule has 2 atom stereocenters. The SMILES string of the molecule is CCC[C@@H](NC(=O)N1CC(=O)NC[C@@H](Cc2cc(Cl)ccc2OC)C1=O)c1cc(C(=O)O)ccn1. The van der Waals surface area contributed by atoms with Gasteiger partial charge in [-0.05, 0) is 48.7 Å². The Bertz CT molecular complexity index is 1120. The van der Waals surface area contributed by atoms with Crippen molar-refractivity contribution in [1.29, 1.82) is 0 Å². The molecule has 35 heavy (non-hydrogen) atoms. The fourth-order valence-corrected chi connectivity index (χ4v) is 4.10. The molecule has 0 unspecified atom stereocenters. The molecular weight excluding hydrogens is 476 g/mol. The number of aromatic carboxylic acids is 1. The van der Waals surface area contributed by atoms with Gasteiger partial charge in [0.1, 0.15) is 12.3 Å². The highest BCUT2D eigenvalue weighted by Crippen LogP contribution is 2.26. The summed E-state index contributed by atoms with van der Waals surface area (Å²) >= 11 is 6.11. The molecule has 2 heterocycles. The summed E-state index contributed by atoms with van der Waals surface area (Å²) in [6.07, 6.45) is 2.68. The van der Waals surface area contributed by atoms with Crippen LogP contribution >= 0.6 is 11.6 Å². The number of benzene rings is 1. The number of halogens is 1. The minimum atomic E-state index is -1.12. The molecule has 11 heteroatoms. The molecule has 10 nitrogen and oxygen atoms in total. The second-order valence-electron chi connectivity index (χ2n) is 8.15. The summed E-state index contributed by atoms with van der Waals surface area (Å²) in [6.45, 7) is 1.52. The van der Waals surface area contributed by atoms with Crippen molar-refractivity contribution in [1.82, 2.24) is 20.5 Å². The van der Waals surface area contributed by atoms with Gasteiger partial charge in [-0.2, -0.15) is 0 Å². The minimum absolute atomic E-state index is 0.0334. The fraction of sp³-hybridized carbons (Fsp3) is 0.375. The molecule has 3 N–H and O–H groups in total. The molecule has 1 fully saturated rings. The van der Waals surface area contributed by atoms with Crippen LogP contribution in [0.2, 0.25) is 5.02 Å². The largest absolute Gasteiger partial charge is 0.496 e. The van der Waals surface area contributed by atoms with E-state index in [0.717, 1.165) is 4.90 Å². The minimum Gasteiger partial charge on any atom is -0.496 e. The summed E-state index contributed by atoms with van der Waals surface area (Å²) in [6, 6.07) is 6.39. The summed E-state index contributed by atoms with van der Waals surface area (Å²) in [4.78, 5) is 55.3. The predicted octanol–water partition coefficient (Wildman–Crippen LogP) is 2.81. The number of rotatable bonds is 8. The first-order chi connectivity index (χ1) is 16.7. The molecule has 0 radical (unpaired) electrons. The van der Waals surface area contributed by atoms with Crippen LogP contribution < -0.4 is 15.4 Å². The maximum absolute atomic E-state index is 13.3. The van der Waals surface area contributed by atoms with Crippen molar-refractivity contribution in [2.24, 2.45) is 5.92 Å². The van der Waals surface area contributed by atoms with E-state index in [1.165, 1.54) is 25.4 Å². The fourth-order valence-electron chi connectivity index (χ4n) is 3.91. The van der Waals surface area contributed by atoms with E-state index in [0.29, 0.717) is 34.9 Å². The smallest absolute Gasteiger partial charge is 0.335 e. The number of carbonyl (C=O) groups excluding carboxylic acids is 3. The molecule has 1 saturated heterocycles. The second-order valence-corrected chi connectivity index (χ2v) is 8.59. The van der Waals surface area contributed by atoms with Crippen LogP contribution in [0, 0.1) is 5.92 Å². The van der Waals surface area contributed by atoms with Crippen LogP contribution in [0.4, 0.5) is 4.79 Å². The van der Waals surface area contributed by atoms with E-state index in [9.17, 15) is 24.3 Å². The number of hydrogen-bond donors (Lipinski definition) is 3. The molecule has 0 bridgehead atoms. The van der Waals surface area contributed by atoms with Gasteiger partial charge in [0.25, 0.3) is 0 Å². The molecule has 1 aromatic heterocycles. The molecule has 0 saturated carbocycles. The lowest BCUT2D eigenvalue weighted by Gasteiger charge is -2.25. The number of nitrogens with one attached hydrogen (secondary N) is 2. The van der Waals surface area contributed by atoms with Crippen molar-refractivity contribution in [3.8, 4) is 5.75 Å². The second kappa shape index (κ2) is 11.7. The number of carboxylic acid groups (broad SMARTS) is 1. The molecule has 0 spiro atoms. The predicted molar refractivity (Wildman–Crippen MR) is 127 cm³/mol. The third kappa shape index (κ3) is 6.48. The molecule has 0 aliphatic carbocycles. The first-order valence-corrected chi connectivity index (χ1v) is 11.5. The number of hydrogen-bond acceptors (Lipinski definition) is 6. The lowest BCUT2D eigenvalue weighted by molar-refractivity contribution is -0.133. The zero-order valence-electron chi connectivity index (χ0n) is 19.4.